The van der Waals surface area contributed by atoms with Gasteiger partial charge in [-0.1, -0.05) is 6.07 Å². The summed E-state index contributed by atoms with van der Waals surface area (Å²) in [7, 11) is 0. The van der Waals surface area contributed by atoms with Crippen LogP contribution >= 0.6 is 22.7 Å². The lowest BCUT2D eigenvalue weighted by atomic mass is 10.1. The average Bonchev–Trinajstić information content (AvgIpc) is 3.31. The first-order valence-electron chi connectivity index (χ1n) is 7.71. The zero-order valence-electron chi connectivity index (χ0n) is 12.5. The van der Waals surface area contributed by atoms with E-state index in [1.165, 1.54) is 35.6 Å². The van der Waals surface area contributed by atoms with Crippen LogP contribution in [0.1, 0.15) is 29.0 Å². The van der Waals surface area contributed by atoms with Crippen molar-refractivity contribution in [2.75, 3.05) is 18.0 Å². The number of esters is 1. The number of nitrogens with zero attached hydrogens (tertiary/aromatic N) is 2. The Morgan fingerprint density at radius 2 is 2.04 bits per heavy atom. The summed E-state index contributed by atoms with van der Waals surface area (Å²) in [6.45, 7) is 2.25. The molecule has 23 heavy (non-hydrogen) atoms. The highest BCUT2D eigenvalue weighted by atomic mass is 32.1. The van der Waals surface area contributed by atoms with Crippen LogP contribution in [0, 0.1) is 0 Å². The second-order valence-electron chi connectivity index (χ2n) is 5.54. The van der Waals surface area contributed by atoms with E-state index in [1.54, 1.807) is 11.3 Å². The zero-order valence-corrected chi connectivity index (χ0v) is 14.2. The van der Waals surface area contributed by atoms with Crippen molar-refractivity contribution in [2.24, 2.45) is 4.99 Å². The molecule has 0 saturated carbocycles. The molecule has 0 bridgehead atoms. The largest absolute Gasteiger partial charge is 0.401 e. The van der Waals surface area contributed by atoms with E-state index in [2.05, 4.69) is 16.0 Å². The molecule has 0 spiro atoms. The third-order valence-electron chi connectivity index (χ3n) is 3.91. The molecule has 1 fully saturated rings. The number of hydrogen-bond donors (Lipinski definition) is 0. The number of thiophene rings is 2. The number of carbonyl (C=O) groups excluding carboxylic acids is 1. The second kappa shape index (κ2) is 6.29. The van der Waals surface area contributed by atoms with Crippen molar-refractivity contribution in [3.05, 3.63) is 45.1 Å². The molecule has 2 aliphatic heterocycles. The third-order valence-corrected chi connectivity index (χ3v) is 5.86. The summed E-state index contributed by atoms with van der Waals surface area (Å²) in [5.74, 6) is 0.0328. The quantitative estimate of drug-likeness (QED) is 0.621. The SMILES string of the molecule is O=C1OC(c2cccs2)=N/C1=C/c1ccc(N2CCCCC2)s1. The number of hydrogen-bond acceptors (Lipinski definition) is 6. The lowest BCUT2D eigenvalue weighted by Gasteiger charge is -2.27. The lowest BCUT2D eigenvalue weighted by Crippen LogP contribution is -2.28. The summed E-state index contributed by atoms with van der Waals surface area (Å²) in [5.41, 5.74) is 0.375. The molecule has 6 heteroatoms. The summed E-state index contributed by atoms with van der Waals surface area (Å²) in [6, 6.07) is 8.00. The number of ether oxygens (including phenoxy) is 1. The van der Waals surface area contributed by atoms with Crippen LogP contribution in [0.15, 0.2) is 40.3 Å². The summed E-state index contributed by atoms with van der Waals surface area (Å²) in [6.07, 6.45) is 5.66. The van der Waals surface area contributed by atoms with Crippen LogP contribution in [0.5, 0.6) is 0 Å². The Morgan fingerprint density at radius 3 is 2.83 bits per heavy atom. The number of cyclic esters (lactones) is 1. The summed E-state index contributed by atoms with van der Waals surface area (Å²) >= 11 is 3.22. The predicted molar refractivity (Wildman–Crippen MR) is 95.3 cm³/mol. The Balaban J connectivity index is 1.55. The Hall–Kier alpha value is -1.92. The summed E-state index contributed by atoms with van der Waals surface area (Å²) in [4.78, 5) is 20.7. The summed E-state index contributed by atoms with van der Waals surface area (Å²) in [5, 5.41) is 3.21. The van der Waals surface area contributed by atoms with Crippen molar-refractivity contribution in [3.8, 4) is 0 Å². The van der Waals surface area contributed by atoms with Gasteiger partial charge in [0.05, 0.1) is 9.88 Å². The Labute approximate surface area is 142 Å². The normalized spacial score (nSPS) is 20.0. The molecule has 2 aromatic heterocycles. The first-order chi connectivity index (χ1) is 11.3. The van der Waals surface area contributed by atoms with Gasteiger partial charge in [0.25, 0.3) is 0 Å². The van der Waals surface area contributed by atoms with Gasteiger partial charge in [-0.3, -0.25) is 0 Å². The van der Waals surface area contributed by atoms with Gasteiger partial charge in [0.15, 0.2) is 5.70 Å². The van der Waals surface area contributed by atoms with Gasteiger partial charge in [-0.15, -0.1) is 22.7 Å². The molecule has 0 atom stereocenters. The maximum atomic E-state index is 12.0. The number of aliphatic imine (C=N–C) groups is 1. The molecular formula is C17H16N2O2S2. The monoisotopic (exact) mass is 344 g/mol. The molecule has 0 aromatic carbocycles. The van der Waals surface area contributed by atoms with E-state index in [0.29, 0.717) is 11.6 Å². The highest BCUT2D eigenvalue weighted by Crippen LogP contribution is 2.31. The second-order valence-corrected chi connectivity index (χ2v) is 7.58. The first-order valence-corrected chi connectivity index (χ1v) is 9.40. The maximum Gasteiger partial charge on any atom is 0.363 e. The van der Waals surface area contributed by atoms with Gasteiger partial charge in [-0.25, -0.2) is 9.79 Å². The first kappa shape index (κ1) is 14.7. The minimum absolute atomic E-state index is 0.374. The summed E-state index contributed by atoms with van der Waals surface area (Å²) < 4.78 is 5.26. The molecule has 0 aliphatic carbocycles. The molecule has 4 nitrogen and oxygen atoms in total. The maximum absolute atomic E-state index is 12.0. The number of carbonyl (C=O) groups is 1. The van der Waals surface area contributed by atoms with Crippen LogP contribution in [0.4, 0.5) is 5.00 Å². The molecule has 1 saturated heterocycles. The Bertz CT molecular complexity index is 768. The fraction of sp³-hybridized carbons (Fsp3) is 0.294. The van der Waals surface area contributed by atoms with Crippen molar-refractivity contribution in [2.45, 2.75) is 19.3 Å². The number of piperidine rings is 1. The van der Waals surface area contributed by atoms with E-state index >= 15 is 0 Å². The van der Waals surface area contributed by atoms with Crippen molar-refractivity contribution in [3.63, 3.8) is 0 Å². The zero-order chi connectivity index (χ0) is 15.6. The van der Waals surface area contributed by atoms with Crippen LogP contribution < -0.4 is 4.90 Å². The van der Waals surface area contributed by atoms with Crippen LogP contribution in [-0.4, -0.2) is 25.0 Å². The van der Waals surface area contributed by atoms with Crippen LogP contribution in [-0.2, 0) is 9.53 Å². The van der Waals surface area contributed by atoms with Gasteiger partial charge in [-0.2, -0.15) is 0 Å². The molecule has 2 aliphatic rings. The Kier molecular flexibility index (Phi) is 4.01. The van der Waals surface area contributed by atoms with Crippen molar-refractivity contribution in [1.29, 1.82) is 0 Å². The fourth-order valence-corrected chi connectivity index (χ4v) is 4.40. The third kappa shape index (κ3) is 3.09. The van der Waals surface area contributed by atoms with Crippen molar-refractivity contribution in [1.82, 2.24) is 0 Å². The van der Waals surface area contributed by atoms with Crippen LogP contribution in [0.2, 0.25) is 0 Å². The predicted octanol–water partition coefficient (Wildman–Crippen LogP) is 4.14. The fourth-order valence-electron chi connectivity index (χ4n) is 2.75. The van der Waals surface area contributed by atoms with E-state index < -0.39 is 0 Å². The Morgan fingerprint density at radius 1 is 1.17 bits per heavy atom. The van der Waals surface area contributed by atoms with Gasteiger partial charge in [0, 0.05) is 18.0 Å². The highest BCUT2D eigenvalue weighted by Gasteiger charge is 2.25. The molecule has 4 rings (SSSR count). The molecule has 118 valence electrons. The molecular weight excluding hydrogens is 328 g/mol. The molecule has 0 N–H and O–H groups in total. The average molecular weight is 344 g/mol. The lowest BCUT2D eigenvalue weighted by molar-refractivity contribution is -0.129. The van der Waals surface area contributed by atoms with E-state index in [4.69, 9.17) is 4.74 Å². The standard InChI is InChI=1S/C17H16N2O2S2/c20-17-13(18-16(21-17)14-5-4-10-22-14)11-12-6-7-15(23-12)19-8-2-1-3-9-19/h4-7,10-11H,1-3,8-9H2/b13-11+. The molecule has 2 aromatic rings. The molecule has 0 radical (unpaired) electrons. The highest BCUT2D eigenvalue weighted by molar-refractivity contribution is 7.17. The van der Waals surface area contributed by atoms with E-state index in [1.807, 2.05) is 29.7 Å². The minimum Gasteiger partial charge on any atom is -0.401 e. The van der Waals surface area contributed by atoms with Crippen LogP contribution in [0.3, 0.4) is 0 Å². The van der Waals surface area contributed by atoms with E-state index in [0.717, 1.165) is 22.8 Å². The van der Waals surface area contributed by atoms with Gasteiger partial charge in [0.2, 0.25) is 5.90 Å². The molecule has 0 unspecified atom stereocenters. The van der Waals surface area contributed by atoms with Crippen molar-refractivity contribution >= 4 is 45.6 Å². The number of anilines is 1. The smallest absolute Gasteiger partial charge is 0.363 e. The van der Waals surface area contributed by atoms with Gasteiger partial charge in [0.1, 0.15) is 0 Å². The van der Waals surface area contributed by atoms with Crippen molar-refractivity contribution < 1.29 is 9.53 Å². The van der Waals surface area contributed by atoms with Gasteiger partial charge >= 0.3 is 5.97 Å². The van der Waals surface area contributed by atoms with Crippen LogP contribution in [0.25, 0.3) is 6.08 Å². The topological polar surface area (TPSA) is 41.9 Å². The van der Waals surface area contributed by atoms with Gasteiger partial charge in [-0.05, 0) is 48.9 Å². The van der Waals surface area contributed by atoms with Gasteiger partial charge < -0.3 is 9.64 Å². The van der Waals surface area contributed by atoms with E-state index in [9.17, 15) is 4.79 Å². The minimum atomic E-state index is -0.374. The molecule has 4 heterocycles. The molecule has 0 amide bonds. The number of rotatable bonds is 3. The van der Waals surface area contributed by atoms with E-state index in [-0.39, 0.29) is 5.97 Å².